The molecule has 1 unspecified atom stereocenters. The van der Waals surface area contributed by atoms with Gasteiger partial charge >= 0.3 is 5.97 Å². The second-order valence-electron chi connectivity index (χ2n) is 7.23. The van der Waals surface area contributed by atoms with E-state index < -0.39 is 11.8 Å². The number of ether oxygens (including phenoxy) is 4. The molecule has 0 aromatic heterocycles. The lowest BCUT2D eigenvalue weighted by Crippen LogP contribution is -2.30. The highest BCUT2D eigenvalue weighted by atomic mass is 16.7. The van der Waals surface area contributed by atoms with Crippen LogP contribution in [0.5, 0.6) is 5.75 Å². The maximum atomic E-state index is 12.7. The summed E-state index contributed by atoms with van der Waals surface area (Å²) in [6.45, 7) is 0.0593. The van der Waals surface area contributed by atoms with Crippen molar-refractivity contribution in [3.05, 3.63) is 53.0 Å². The fourth-order valence-electron chi connectivity index (χ4n) is 4.13. The summed E-state index contributed by atoms with van der Waals surface area (Å²) < 4.78 is 21.3. The van der Waals surface area contributed by atoms with Crippen LogP contribution in [-0.2, 0) is 24.8 Å². The summed E-state index contributed by atoms with van der Waals surface area (Å²) >= 11 is 0. The zero-order chi connectivity index (χ0) is 18.9. The third-order valence-electron chi connectivity index (χ3n) is 5.57. The van der Waals surface area contributed by atoms with Gasteiger partial charge in [-0.05, 0) is 36.6 Å². The Morgan fingerprint density at radius 3 is 2.56 bits per heavy atom. The van der Waals surface area contributed by atoms with Gasteiger partial charge < -0.3 is 24.1 Å². The van der Waals surface area contributed by atoms with Crippen molar-refractivity contribution in [1.29, 1.82) is 0 Å². The summed E-state index contributed by atoms with van der Waals surface area (Å²) in [4.78, 5) is 12.7. The van der Waals surface area contributed by atoms with Crippen LogP contribution in [0.25, 0.3) is 0 Å². The molecule has 1 fully saturated rings. The minimum absolute atomic E-state index is 0.0593. The first-order valence-electron chi connectivity index (χ1n) is 9.40. The van der Waals surface area contributed by atoms with Crippen LogP contribution < -0.4 is 4.74 Å². The lowest BCUT2D eigenvalue weighted by molar-refractivity contribution is -0.186. The van der Waals surface area contributed by atoms with Crippen molar-refractivity contribution in [2.75, 3.05) is 13.9 Å². The summed E-state index contributed by atoms with van der Waals surface area (Å²) in [7, 11) is 1.58. The first-order chi connectivity index (χ1) is 13.1. The molecule has 4 rings (SSSR count). The second-order valence-corrected chi connectivity index (χ2v) is 7.23. The van der Waals surface area contributed by atoms with Crippen molar-refractivity contribution in [1.82, 2.24) is 0 Å². The van der Waals surface area contributed by atoms with Crippen LogP contribution in [0.15, 0.2) is 47.4 Å². The van der Waals surface area contributed by atoms with Crippen LogP contribution >= 0.6 is 0 Å². The number of carbonyl (C=O) groups is 1. The van der Waals surface area contributed by atoms with Crippen LogP contribution in [0.3, 0.4) is 0 Å². The predicted octanol–water partition coefficient (Wildman–Crippen LogP) is 3.51. The predicted molar refractivity (Wildman–Crippen MR) is 96.3 cm³/mol. The molecule has 0 amide bonds. The number of methoxy groups -OCH3 is 1. The molecular formula is C21H24O6. The smallest absolute Gasteiger partial charge is 0.345 e. The largest absolute Gasteiger partial charge is 0.497 e. The molecule has 1 aromatic rings. The molecule has 144 valence electrons. The first kappa shape index (κ1) is 17.9. The summed E-state index contributed by atoms with van der Waals surface area (Å²) in [5.74, 6) is -0.986. The minimum Gasteiger partial charge on any atom is -0.497 e. The Morgan fingerprint density at radius 2 is 1.93 bits per heavy atom. The van der Waals surface area contributed by atoms with Gasteiger partial charge in [0.15, 0.2) is 5.76 Å². The maximum Gasteiger partial charge on any atom is 0.345 e. The van der Waals surface area contributed by atoms with Crippen LogP contribution in [0.1, 0.15) is 44.1 Å². The van der Waals surface area contributed by atoms with E-state index in [9.17, 15) is 9.90 Å². The monoisotopic (exact) mass is 372 g/mol. The number of esters is 1. The fourth-order valence-corrected chi connectivity index (χ4v) is 4.13. The van der Waals surface area contributed by atoms with E-state index in [4.69, 9.17) is 18.9 Å². The molecule has 0 spiro atoms. The standard InChI is InChI=1S/C21H24O6/c1-24-16-9-7-15(8-10-16)21(23)17(11-14-5-3-2-4-6-14)19(20(22)27-21)18-12-25-13-26-18/h7-10,12,14,23H,2-6,11,13H2,1H3. The van der Waals surface area contributed by atoms with E-state index in [0.29, 0.717) is 35.0 Å². The molecule has 0 bridgehead atoms. The van der Waals surface area contributed by atoms with E-state index in [1.54, 1.807) is 31.4 Å². The number of benzene rings is 1. The average Bonchev–Trinajstić information content (AvgIpc) is 3.30. The Labute approximate surface area is 158 Å². The minimum atomic E-state index is -1.80. The Morgan fingerprint density at radius 1 is 1.19 bits per heavy atom. The van der Waals surface area contributed by atoms with Gasteiger partial charge in [0, 0.05) is 11.1 Å². The van der Waals surface area contributed by atoms with E-state index in [1.165, 1.54) is 25.5 Å². The highest BCUT2D eigenvalue weighted by molar-refractivity contribution is 5.97. The number of hydrogen-bond donors (Lipinski definition) is 1. The maximum absolute atomic E-state index is 12.7. The highest BCUT2D eigenvalue weighted by Crippen LogP contribution is 2.47. The number of carbonyl (C=O) groups excluding carboxylic acids is 1. The molecule has 2 heterocycles. The van der Waals surface area contributed by atoms with Crippen molar-refractivity contribution in [2.24, 2.45) is 5.92 Å². The van der Waals surface area contributed by atoms with E-state index in [0.717, 1.165) is 12.8 Å². The van der Waals surface area contributed by atoms with Gasteiger partial charge in [0.25, 0.3) is 5.79 Å². The van der Waals surface area contributed by atoms with Crippen molar-refractivity contribution in [2.45, 2.75) is 44.3 Å². The molecule has 27 heavy (non-hydrogen) atoms. The third kappa shape index (κ3) is 3.30. The SMILES string of the molecule is COc1ccc(C2(O)OC(=O)C(C3=COCO3)=C2CC2CCCCC2)cc1. The number of hydrogen-bond acceptors (Lipinski definition) is 6. The molecule has 1 atom stereocenters. The van der Waals surface area contributed by atoms with Gasteiger partial charge in [-0.25, -0.2) is 4.79 Å². The van der Waals surface area contributed by atoms with Crippen LogP contribution in [0, 0.1) is 5.92 Å². The van der Waals surface area contributed by atoms with Gasteiger partial charge in [0.2, 0.25) is 6.79 Å². The Kier molecular flexibility index (Phi) is 4.83. The lowest BCUT2D eigenvalue weighted by Gasteiger charge is -2.29. The lowest BCUT2D eigenvalue weighted by atomic mass is 9.80. The van der Waals surface area contributed by atoms with Gasteiger partial charge in [0.05, 0.1) is 7.11 Å². The molecule has 1 saturated carbocycles. The molecule has 0 radical (unpaired) electrons. The summed E-state index contributed by atoms with van der Waals surface area (Å²) in [6, 6.07) is 6.92. The second kappa shape index (κ2) is 7.27. The number of rotatable bonds is 5. The van der Waals surface area contributed by atoms with E-state index in [-0.39, 0.29) is 12.4 Å². The highest BCUT2D eigenvalue weighted by Gasteiger charge is 2.50. The van der Waals surface area contributed by atoms with Crippen molar-refractivity contribution < 1.29 is 28.8 Å². The van der Waals surface area contributed by atoms with Crippen molar-refractivity contribution >= 4 is 5.97 Å². The van der Waals surface area contributed by atoms with Crippen LogP contribution in [0.4, 0.5) is 0 Å². The van der Waals surface area contributed by atoms with E-state index in [1.807, 2.05) is 0 Å². The Hall–Kier alpha value is -2.47. The summed E-state index contributed by atoms with van der Waals surface area (Å²) in [5, 5.41) is 11.5. The topological polar surface area (TPSA) is 74.2 Å². The molecule has 2 aliphatic heterocycles. The molecule has 0 saturated heterocycles. The van der Waals surface area contributed by atoms with Gasteiger partial charge in [-0.1, -0.05) is 32.1 Å². The zero-order valence-corrected chi connectivity index (χ0v) is 15.4. The van der Waals surface area contributed by atoms with Gasteiger partial charge in [-0.3, -0.25) is 0 Å². The number of cyclic esters (lactones) is 1. The Bertz CT molecular complexity index is 772. The molecular weight excluding hydrogens is 348 g/mol. The van der Waals surface area contributed by atoms with Crippen molar-refractivity contribution in [3.63, 3.8) is 0 Å². The third-order valence-corrected chi connectivity index (χ3v) is 5.57. The van der Waals surface area contributed by atoms with Crippen molar-refractivity contribution in [3.8, 4) is 5.75 Å². The van der Waals surface area contributed by atoms with E-state index >= 15 is 0 Å². The van der Waals surface area contributed by atoms with Crippen LogP contribution in [0.2, 0.25) is 0 Å². The van der Waals surface area contributed by atoms with Gasteiger partial charge in [-0.2, -0.15) is 0 Å². The van der Waals surface area contributed by atoms with Gasteiger partial charge in [-0.15, -0.1) is 0 Å². The molecule has 1 aliphatic carbocycles. The molecule has 1 aromatic carbocycles. The molecule has 6 nitrogen and oxygen atoms in total. The first-order valence-corrected chi connectivity index (χ1v) is 9.40. The Balaban J connectivity index is 1.75. The quantitative estimate of drug-likeness (QED) is 0.798. The van der Waals surface area contributed by atoms with Crippen LogP contribution in [-0.4, -0.2) is 25.0 Å². The molecule has 6 heteroatoms. The summed E-state index contributed by atoms with van der Waals surface area (Å²) in [6.07, 6.45) is 7.75. The number of aliphatic hydroxyl groups is 1. The van der Waals surface area contributed by atoms with E-state index in [2.05, 4.69) is 0 Å². The average molecular weight is 372 g/mol. The molecule has 3 aliphatic rings. The van der Waals surface area contributed by atoms with Gasteiger partial charge in [0.1, 0.15) is 17.6 Å². The summed E-state index contributed by atoms with van der Waals surface area (Å²) in [5.41, 5.74) is 1.34. The zero-order valence-electron chi connectivity index (χ0n) is 15.4. The normalized spacial score (nSPS) is 25.7. The fraction of sp³-hybridized carbons (Fsp3) is 0.476. The molecule has 1 N–H and O–H groups in total.